The first-order chi connectivity index (χ1) is 14.9. The highest BCUT2D eigenvalue weighted by Crippen LogP contribution is 2.36. The van der Waals surface area contributed by atoms with Crippen molar-refractivity contribution in [1.82, 2.24) is 4.57 Å². The van der Waals surface area contributed by atoms with Crippen molar-refractivity contribution in [3.8, 4) is 5.75 Å². The first kappa shape index (κ1) is 21.9. The van der Waals surface area contributed by atoms with Crippen LogP contribution in [0.15, 0.2) is 53.3 Å². The molecule has 3 rings (SSSR count). The number of benzene rings is 2. The summed E-state index contributed by atoms with van der Waals surface area (Å²) >= 11 is 0. The molecule has 1 aromatic heterocycles. The molecule has 1 heterocycles. The second-order valence-corrected chi connectivity index (χ2v) is 7.20. The van der Waals surface area contributed by atoms with Gasteiger partial charge in [0.1, 0.15) is 0 Å². The average Bonchev–Trinajstić information content (AvgIpc) is 2.76. The molecule has 0 spiro atoms. The topological polar surface area (TPSA) is 120 Å². The van der Waals surface area contributed by atoms with E-state index < -0.39 is 23.4 Å². The molecule has 0 bridgehead atoms. The number of aromatic nitrogens is 1. The SMILES string of the molecule is CCCCCCn1c(=O)c(N(C(=O)O)c2ccc(C(=O)O)cc2)c(O)c2ccccc21. The maximum Gasteiger partial charge on any atom is 0.416 e. The van der Waals surface area contributed by atoms with Gasteiger partial charge in [-0.25, -0.2) is 14.5 Å². The molecule has 0 saturated carbocycles. The number of carboxylic acid groups (broad SMARTS) is 2. The number of rotatable bonds is 8. The third-order valence-electron chi connectivity index (χ3n) is 5.14. The molecule has 8 heteroatoms. The van der Waals surface area contributed by atoms with Crippen LogP contribution in [0.25, 0.3) is 10.9 Å². The second kappa shape index (κ2) is 9.34. The van der Waals surface area contributed by atoms with Gasteiger partial charge in [0.15, 0.2) is 11.4 Å². The first-order valence-electron chi connectivity index (χ1n) is 10.1. The van der Waals surface area contributed by atoms with Gasteiger partial charge in [0.25, 0.3) is 5.56 Å². The molecule has 0 radical (unpaired) electrons. The number of hydrogen-bond donors (Lipinski definition) is 3. The fourth-order valence-corrected chi connectivity index (χ4v) is 3.58. The van der Waals surface area contributed by atoms with E-state index in [-0.39, 0.29) is 16.9 Å². The van der Waals surface area contributed by atoms with Crippen molar-refractivity contribution in [2.75, 3.05) is 4.90 Å². The van der Waals surface area contributed by atoms with Crippen LogP contribution in [0.3, 0.4) is 0 Å². The highest BCUT2D eigenvalue weighted by atomic mass is 16.4. The summed E-state index contributed by atoms with van der Waals surface area (Å²) in [5, 5.41) is 30.2. The normalized spacial score (nSPS) is 10.9. The van der Waals surface area contributed by atoms with Crippen LogP contribution in [0.4, 0.5) is 16.2 Å². The van der Waals surface area contributed by atoms with E-state index in [0.717, 1.165) is 25.7 Å². The molecular formula is C23H24N2O6. The smallest absolute Gasteiger partial charge is 0.416 e. The van der Waals surface area contributed by atoms with E-state index in [2.05, 4.69) is 6.92 Å². The number of carbonyl (C=O) groups is 2. The molecule has 0 aliphatic heterocycles. The summed E-state index contributed by atoms with van der Waals surface area (Å²) in [6.07, 6.45) is 2.25. The Hall–Kier alpha value is -3.81. The number of aromatic carboxylic acids is 1. The van der Waals surface area contributed by atoms with Crippen molar-refractivity contribution >= 4 is 34.3 Å². The lowest BCUT2D eigenvalue weighted by atomic mass is 10.1. The minimum atomic E-state index is -1.47. The van der Waals surface area contributed by atoms with Crippen LogP contribution in [0.2, 0.25) is 0 Å². The quantitative estimate of drug-likeness (QED) is 0.447. The highest BCUT2D eigenvalue weighted by Gasteiger charge is 2.27. The Labute approximate surface area is 178 Å². The van der Waals surface area contributed by atoms with Gasteiger partial charge in [-0.05, 0) is 42.8 Å². The number of aromatic hydroxyl groups is 1. The Kier molecular flexibility index (Phi) is 6.59. The van der Waals surface area contributed by atoms with Crippen LogP contribution >= 0.6 is 0 Å². The van der Waals surface area contributed by atoms with Crippen molar-refractivity contribution in [2.24, 2.45) is 0 Å². The van der Waals surface area contributed by atoms with Crippen LogP contribution in [0.5, 0.6) is 5.75 Å². The molecule has 2 aromatic carbocycles. The molecule has 3 aromatic rings. The van der Waals surface area contributed by atoms with E-state index in [1.54, 1.807) is 24.3 Å². The Morgan fingerprint density at radius 3 is 2.26 bits per heavy atom. The molecule has 0 aliphatic rings. The number of fused-ring (bicyclic) bond motifs is 1. The summed E-state index contributed by atoms with van der Waals surface area (Å²) in [6.45, 7) is 2.47. The minimum absolute atomic E-state index is 0.0230. The largest absolute Gasteiger partial charge is 0.505 e. The van der Waals surface area contributed by atoms with Crippen molar-refractivity contribution in [3.63, 3.8) is 0 Å². The van der Waals surface area contributed by atoms with Gasteiger partial charge in [-0.3, -0.25) is 4.79 Å². The fraction of sp³-hybridized carbons (Fsp3) is 0.261. The molecule has 31 heavy (non-hydrogen) atoms. The van der Waals surface area contributed by atoms with Crippen molar-refractivity contribution in [2.45, 2.75) is 39.2 Å². The van der Waals surface area contributed by atoms with Crippen LogP contribution in [0, 0.1) is 0 Å². The maximum atomic E-state index is 13.4. The highest BCUT2D eigenvalue weighted by molar-refractivity contribution is 6.01. The first-order valence-corrected chi connectivity index (χ1v) is 10.1. The molecule has 3 N–H and O–H groups in total. The van der Waals surface area contributed by atoms with Crippen molar-refractivity contribution < 1.29 is 24.9 Å². The third kappa shape index (κ3) is 4.37. The van der Waals surface area contributed by atoms with E-state index in [9.17, 15) is 24.6 Å². The lowest BCUT2D eigenvalue weighted by Crippen LogP contribution is -2.33. The van der Waals surface area contributed by atoms with Gasteiger partial charge >= 0.3 is 12.1 Å². The lowest BCUT2D eigenvalue weighted by Gasteiger charge is -2.23. The monoisotopic (exact) mass is 424 g/mol. The van der Waals surface area contributed by atoms with Gasteiger partial charge in [-0.2, -0.15) is 0 Å². The molecule has 8 nitrogen and oxygen atoms in total. The number of unbranched alkanes of at least 4 members (excludes halogenated alkanes) is 3. The molecule has 0 atom stereocenters. The van der Waals surface area contributed by atoms with E-state index in [4.69, 9.17) is 5.11 Å². The third-order valence-corrected chi connectivity index (χ3v) is 5.14. The maximum absolute atomic E-state index is 13.4. The van der Waals surface area contributed by atoms with Crippen molar-refractivity contribution in [1.29, 1.82) is 0 Å². The Bertz CT molecular complexity index is 1170. The number of hydrogen-bond acceptors (Lipinski definition) is 4. The number of anilines is 2. The van der Waals surface area contributed by atoms with Gasteiger partial charge in [0, 0.05) is 11.9 Å². The van der Waals surface area contributed by atoms with Crippen LogP contribution in [-0.2, 0) is 6.54 Å². The minimum Gasteiger partial charge on any atom is -0.505 e. The number of amides is 1. The number of aryl methyl sites for hydroxylation is 1. The van der Waals surface area contributed by atoms with Crippen molar-refractivity contribution in [3.05, 3.63) is 64.4 Å². The van der Waals surface area contributed by atoms with E-state index in [1.807, 2.05) is 0 Å². The van der Waals surface area contributed by atoms with Crippen LogP contribution in [0.1, 0.15) is 43.0 Å². The molecule has 0 unspecified atom stereocenters. The predicted octanol–water partition coefficient (Wildman–Crippen LogP) is 4.80. The number of carboxylic acids is 1. The van der Waals surface area contributed by atoms with Gasteiger partial charge in [-0.1, -0.05) is 38.3 Å². The van der Waals surface area contributed by atoms with Gasteiger partial charge in [-0.15, -0.1) is 0 Å². The number of nitrogens with zero attached hydrogens (tertiary/aromatic N) is 2. The Morgan fingerprint density at radius 2 is 1.65 bits per heavy atom. The summed E-state index contributed by atoms with van der Waals surface area (Å²) in [5.74, 6) is -1.59. The van der Waals surface area contributed by atoms with Gasteiger partial charge < -0.3 is 19.9 Å². The summed E-state index contributed by atoms with van der Waals surface area (Å²) < 4.78 is 1.49. The molecule has 162 valence electrons. The zero-order valence-corrected chi connectivity index (χ0v) is 17.1. The standard InChI is InChI=1S/C23H24N2O6/c1-2-3-4-7-14-24-18-9-6-5-8-17(18)20(26)19(21(24)27)25(23(30)31)16-12-10-15(11-13-16)22(28)29/h5-6,8-13,26H,2-4,7,14H2,1H3,(H,28,29)(H,30,31). The molecule has 0 fully saturated rings. The van der Waals surface area contributed by atoms with E-state index in [1.165, 1.54) is 28.8 Å². The van der Waals surface area contributed by atoms with Gasteiger partial charge in [0.05, 0.1) is 16.8 Å². The summed E-state index contributed by atoms with van der Waals surface area (Å²) in [4.78, 5) is 37.3. The molecule has 0 saturated heterocycles. The lowest BCUT2D eigenvalue weighted by molar-refractivity contribution is 0.0697. The van der Waals surface area contributed by atoms with E-state index >= 15 is 0 Å². The Balaban J connectivity index is 2.19. The summed E-state index contributed by atoms with van der Waals surface area (Å²) in [7, 11) is 0. The van der Waals surface area contributed by atoms with Crippen LogP contribution in [-0.4, -0.2) is 31.9 Å². The molecular weight excluding hydrogens is 400 g/mol. The van der Waals surface area contributed by atoms with Gasteiger partial charge in [0.2, 0.25) is 0 Å². The summed E-state index contributed by atoms with van der Waals surface area (Å²) in [6, 6.07) is 11.9. The Morgan fingerprint density at radius 1 is 0.968 bits per heavy atom. The number of pyridine rings is 1. The molecule has 1 amide bonds. The average molecular weight is 424 g/mol. The summed E-state index contributed by atoms with van der Waals surface area (Å²) in [5.41, 5.74) is -0.457. The second-order valence-electron chi connectivity index (χ2n) is 7.20. The molecule has 0 aliphatic carbocycles. The number of para-hydroxylation sites is 1. The zero-order valence-electron chi connectivity index (χ0n) is 17.1. The van der Waals surface area contributed by atoms with E-state index in [0.29, 0.717) is 22.3 Å². The zero-order chi connectivity index (χ0) is 22.5. The van der Waals surface area contributed by atoms with Crippen LogP contribution < -0.4 is 10.5 Å². The predicted molar refractivity (Wildman–Crippen MR) is 118 cm³/mol. The fourth-order valence-electron chi connectivity index (χ4n) is 3.58.